The Bertz CT molecular complexity index is 248. The van der Waals surface area contributed by atoms with Crippen molar-refractivity contribution in [2.75, 3.05) is 18.5 Å². The third-order valence-corrected chi connectivity index (χ3v) is 1.22. The molecule has 0 saturated heterocycles. The number of hydrogen-bond donors (Lipinski definition) is 3. The van der Waals surface area contributed by atoms with Crippen LogP contribution in [0.1, 0.15) is 6.92 Å². The van der Waals surface area contributed by atoms with E-state index in [2.05, 4.69) is 5.32 Å². The zero-order valence-electron chi connectivity index (χ0n) is 8.23. The molecule has 0 aliphatic rings. The molecule has 0 spiro atoms. The van der Waals surface area contributed by atoms with E-state index in [0.29, 0.717) is 6.54 Å². The fourth-order valence-corrected chi connectivity index (χ4v) is 0.725. The number of benzene rings is 1. The number of rotatable bonds is 2. The zero-order chi connectivity index (χ0) is 10.8. The highest BCUT2D eigenvalue weighted by molar-refractivity contribution is 5.88. The molecule has 4 nitrogen and oxygen atoms in total. The van der Waals surface area contributed by atoms with Crippen molar-refractivity contribution < 1.29 is 9.90 Å². The minimum absolute atomic E-state index is 0.0359. The second-order valence-electron chi connectivity index (χ2n) is 2.56. The number of nitrogens with two attached hydrogens (primary N) is 1. The molecule has 4 N–H and O–H groups in total. The quantitative estimate of drug-likeness (QED) is 0.647. The van der Waals surface area contributed by atoms with E-state index in [1.807, 2.05) is 30.3 Å². The molecular weight excluding hydrogens is 180 g/mol. The van der Waals surface area contributed by atoms with Crippen LogP contribution in [0.3, 0.4) is 0 Å². The van der Waals surface area contributed by atoms with Crippen LogP contribution in [0.15, 0.2) is 30.3 Å². The minimum Gasteiger partial charge on any atom is -0.395 e. The molecule has 1 aromatic carbocycles. The maximum absolute atomic E-state index is 10.5. The lowest BCUT2D eigenvalue weighted by molar-refractivity contribution is -0.114. The van der Waals surface area contributed by atoms with Crippen LogP contribution in [0.2, 0.25) is 0 Å². The molecule has 0 fully saturated rings. The smallest absolute Gasteiger partial charge is 0.221 e. The molecule has 0 aromatic heterocycles. The number of para-hydroxylation sites is 1. The van der Waals surface area contributed by atoms with E-state index in [9.17, 15) is 4.79 Å². The topological polar surface area (TPSA) is 75.4 Å². The van der Waals surface area contributed by atoms with Crippen molar-refractivity contribution in [1.82, 2.24) is 0 Å². The van der Waals surface area contributed by atoms with Gasteiger partial charge in [0.15, 0.2) is 0 Å². The average Bonchev–Trinajstić information content (AvgIpc) is 2.19. The van der Waals surface area contributed by atoms with Gasteiger partial charge >= 0.3 is 0 Å². The Morgan fingerprint density at radius 1 is 1.43 bits per heavy atom. The molecule has 0 heterocycles. The molecule has 0 aliphatic carbocycles. The second kappa shape index (κ2) is 8.22. The second-order valence-corrected chi connectivity index (χ2v) is 2.56. The van der Waals surface area contributed by atoms with Gasteiger partial charge in [0.05, 0.1) is 6.61 Å². The molecule has 0 bridgehead atoms. The van der Waals surface area contributed by atoms with Crippen LogP contribution >= 0.6 is 0 Å². The standard InChI is InChI=1S/C8H9NO.C2H7NO/c1-7(10)9-8-5-3-2-4-6-8;3-1-2-4/h2-6H,1H3,(H,9,10);4H,1-3H2. The molecular formula is C10H16N2O2. The highest BCUT2D eigenvalue weighted by Gasteiger charge is 1.90. The van der Waals surface area contributed by atoms with Crippen molar-refractivity contribution in [1.29, 1.82) is 0 Å². The Labute approximate surface area is 83.7 Å². The maximum atomic E-state index is 10.5. The molecule has 0 atom stereocenters. The average molecular weight is 196 g/mol. The van der Waals surface area contributed by atoms with Gasteiger partial charge in [-0.3, -0.25) is 4.79 Å². The van der Waals surface area contributed by atoms with E-state index < -0.39 is 0 Å². The number of aliphatic hydroxyl groups excluding tert-OH is 1. The van der Waals surface area contributed by atoms with Gasteiger partial charge in [0.25, 0.3) is 0 Å². The number of carbonyl (C=O) groups is 1. The summed E-state index contributed by atoms with van der Waals surface area (Å²) in [5.41, 5.74) is 5.62. The molecule has 1 aromatic rings. The molecule has 1 amide bonds. The summed E-state index contributed by atoms with van der Waals surface area (Å²) < 4.78 is 0. The lowest BCUT2D eigenvalue weighted by atomic mass is 10.3. The van der Waals surface area contributed by atoms with Crippen LogP contribution in [0.25, 0.3) is 0 Å². The number of anilines is 1. The normalized spacial score (nSPS) is 8.50. The van der Waals surface area contributed by atoms with Crippen LogP contribution in [0.4, 0.5) is 5.69 Å². The predicted octanol–water partition coefficient (Wildman–Crippen LogP) is 0.582. The van der Waals surface area contributed by atoms with Gasteiger partial charge in [-0.25, -0.2) is 0 Å². The Morgan fingerprint density at radius 2 is 1.93 bits per heavy atom. The van der Waals surface area contributed by atoms with Crippen molar-refractivity contribution in [3.05, 3.63) is 30.3 Å². The summed E-state index contributed by atoms with van der Waals surface area (Å²) in [6, 6.07) is 9.37. The molecule has 0 aliphatic heterocycles. The lowest BCUT2D eigenvalue weighted by Crippen LogP contribution is -2.04. The molecule has 1 rings (SSSR count). The van der Waals surface area contributed by atoms with Crippen molar-refractivity contribution in [3.8, 4) is 0 Å². The van der Waals surface area contributed by atoms with Gasteiger partial charge < -0.3 is 16.2 Å². The summed E-state index contributed by atoms with van der Waals surface area (Å²) in [5, 5.41) is 10.4. The third kappa shape index (κ3) is 7.27. The first kappa shape index (κ1) is 12.6. The van der Waals surface area contributed by atoms with Gasteiger partial charge in [-0.2, -0.15) is 0 Å². The van der Waals surface area contributed by atoms with Crippen molar-refractivity contribution in [2.24, 2.45) is 5.73 Å². The third-order valence-electron chi connectivity index (χ3n) is 1.22. The first-order chi connectivity index (χ1) is 6.70. The molecule has 0 radical (unpaired) electrons. The summed E-state index contributed by atoms with van der Waals surface area (Å²) in [5.74, 6) is -0.0359. The highest BCUT2D eigenvalue weighted by Crippen LogP contribution is 2.03. The summed E-state index contributed by atoms with van der Waals surface area (Å²) in [6.07, 6.45) is 0. The van der Waals surface area contributed by atoms with Crippen LogP contribution in [-0.2, 0) is 4.79 Å². The number of aliphatic hydroxyl groups is 1. The van der Waals surface area contributed by atoms with Gasteiger partial charge in [0.2, 0.25) is 5.91 Å². The Balaban J connectivity index is 0.000000364. The van der Waals surface area contributed by atoms with Crippen LogP contribution in [0.5, 0.6) is 0 Å². The van der Waals surface area contributed by atoms with Gasteiger partial charge in [0.1, 0.15) is 0 Å². The molecule has 0 saturated carbocycles. The van der Waals surface area contributed by atoms with Gasteiger partial charge in [-0.05, 0) is 12.1 Å². The summed E-state index contributed by atoms with van der Waals surface area (Å²) >= 11 is 0. The van der Waals surface area contributed by atoms with E-state index in [-0.39, 0.29) is 12.5 Å². The van der Waals surface area contributed by atoms with Gasteiger partial charge in [-0.15, -0.1) is 0 Å². The largest absolute Gasteiger partial charge is 0.395 e. The van der Waals surface area contributed by atoms with Crippen LogP contribution < -0.4 is 11.1 Å². The van der Waals surface area contributed by atoms with Crippen molar-refractivity contribution >= 4 is 11.6 Å². The number of amides is 1. The van der Waals surface area contributed by atoms with E-state index >= 15 is 0 Å². The van der Waals surface area contributed by atoms with Crippen LogP contribution in [-0.4, -0.2) is 24.2 Å². The predicted molar refractivity (Wildman–Crippen MR) is 56.9 cm³/mol. The highest BCUT2D eigenvalue weighted by atomic mass is 16.3. The van der Waals surface area contributed by atoms with E-state index in [4.69, 9.17) is 10.8 Å². The monoisotopic (exact) mass is 196 g/mol. The fraction of sp³-hybridized carbons (Fsp3) is 0.300. The SMILES string of the molecule is CC(=O)Nc1ccccc1.NCCO. The first-order valence-corrected chi connectivity index (χ1v) is 4.34. The number of nitrogens with one attached hydrogen (secondary N) is 1. The van der Waals surface area contributed by atoms with Gasteiger partial charge in [-0.1, -0.05) is 18.2 Å². The van der Waals surface area contributed by atoms with E-state index in [1.54, 1.807) is 0 Å². The Kier molecular flexibility index (Phi) is 7.40. The molecule has 0 unspecified atom stereocenters. The molecule has 78 valence electrons. The number of carbonyl (C=O) groups excluding carboxylic acids is 1. The minimum atomic E-state index is -0.0359. The van der Waals surface area contributed by atoms with E-state index in [1.165, 1.54) is 6.92 Å². The Morgan fingerprint density at radius 3 is 2.29 bits per heavy atom. The summed E-state index contributed by atoms with van der Waals surface area (Å²) in [6.45, 7) is 1.97. The zero-order valence-corrected chi connectivity index (χ0v) is 8.23. The van der Waals surface area contributed by atoms with Crippen molar-refractivity contribution in [3.63, 3.8) is 0 Å². The molecule has 14 heavy (non-hydrogen) atoms. The summed E-state index contributed by atoms with van der Waals surface area (Å²) in [4.78, 5) is 10.5. The van der Waals surface area contributed by atoms with Crippen molar-refractivity contribution in [2.45, 2.75) is 6.92 Å². The lowest BCUT2D eigenvalue weighted by Gasteiger charge is -1.98. The summed E-state index contributed by atoms with van der Waals surface area (Å²) in [7, 11) is 0. The number of hydrogen-bond acceptors (Lipinski definition) is 3. The Hall–Kier alpha value is -1.39. The first-order valence-electron chi connectivity index (χ1n) is 4.34. The fourth-order valence-electron chi connectivity index (χ4n) is 0.725. The maximum Gasteiger partial charge on any atom is 0.221 e. The van der Waals surface area contributed by atoms with Gasteiger partial charge in [0, 0.05) is 19.2 Å². The van der Waals surface area contributed by atoms with E-state index in [0.717, 1.165) is 5.69 Å². The van der Waals surface area contributed by atoms with Crippen LogP contribution in [0, 0.1) is 0 Å². The molecule has 4 heteroatoms.